The van der Waals surface area contributed by atoms with Crippen molar-refractivity contribution in [3.8, 4) is 11.5 Å². The van der Waals surface area contributed by atoms with Crippen LogP contribution in [0.3, 0.4) is 0 Å². The van der Waals surface area contributed by atoms with Gasteiger partial charge in [-0.1, -0.05) is 12.1 Å². The molecule has 2 aromatic rings. The highest BCUT2D eigenvalue weighted by atomic mass is 32.2. The molecule has 0 aliphatic carbocycles. The smallest absolute Gasteiger partial charge is 0.257 e. The van der Waals surface area contributed by atoms with Crippen LogP contribution in [0.15, 0.2) is 42.5 Å². The van der Waals surface area contributed by atoms with Gasteiger partial charge in [-0.2, -0.15) is 0 Å². The molecule has 7 nitrogen and oxygen atoms in total. The van der Waals surface area contributed by atoms with E-state index in [0.29, 0.717) is 17.2 Å². The lowest BCUT2D eigenvalue weighted by Crippen LogP contribution is -2.24. The van der Waals surface area contributed by atoms with E-state index >= 15 is 0 Å². The van der Waals surface area contributed by atoms with Crippen molar-refractivity contribution < 1.29 is 22.7 Å². The quantitative estimate of drug-likeness (QED) is 0.772. The minimum absolute atomic E-state index is 0.203. The lowest BCUT2D eigenvalue weighted by atomic mass is 10.1. The van der Waals surface area contributed by atoms with Crippen molar-refractivity contribution in [3.63, 3.8) is 0 Å². The monoisotopic (exact) mass is 378 g/mol. The Kier molecular flexibility index (Phi) is 6.10. The summed E-state index contributed by atoms with van der Waals surface area (Å²) in [6.45, 7) is 3.13. The van der Waals surface area contributed by atoms with Crippen LogP contribution < -0.4 is 19.5 Å². The number of sulfonamides is 1. The van der Waals surface area contributed by atoms with Gasteiger partial charge in [-0.15, -0.1) is 0 Å². The van der Waals surface area contributed by atoms with E-state index in [1.54, 1.807) is 56.3 Å². The Morgan fingerprint density at radius 2 is 1.69 bits per heavy atom. The highest BCUT2D eigenvalue weighted by molar-refractivity contribution is 7.93. The van der Waals surface area contributed by atoms with Gasteiger partial charge in [0.2, 0.25) is 10.0 Å². The number of nitrogens with one attached hydrogen (secondary N) is 2. The van der Waals surface area contributed by atoms with E-state index in [4.69, 9.17) is 9.47 Å². The molecule has 0 heterocycles. The second kappa shape index (κ2) is 8.09. The van der Waals surface area contributed by atoms with Gasteiger partial charge in [-0.25, -0.2) is 8.42 Å². The van der Waals surface area contributed by atoms with Crippen molar-refractivity contribution in [3.05, 3.63) is 48.0 Å². The van der Waals surface area contributed by atoms with E-state index in [0.717, 1.165) is 0 Å². The zero-order chi connectivity index (χ0) is 19.3. The number of benzene rings is 2. The Hall–Kier alpha value is -2.74. The van der Waals surface area contributed by atoms with E-state index in [-0.39, 0.29) is 11.3 Å². The molecular formula is C18H22N2O5S. The molecule has 2 aromatic carbocycles. The maximum Gasteiger partial charge on any atom is 0.257 e. The third kappa shape index (κ3) is 4.45. The summed E-state index contributed by atoms with van der Waals surface area (Å²) in [4.78, 5) is 12.7. The SMILES string of the molecule is COc1ccc(NC(=O)c2ccccc2NS(=O)(=O)C(C)C)c(OC)c1. The molecule has 26 heavy (non-hydrogen) atoms. The van der Waals surface area contributed by atoms with Crippen LogP contribution in [0.4, 0.5) is 11.4 Å². The van der Waals surface area contributed by atoms with Crippen molar-refractivity contribution in [2.75, 3.05) is 24.3 Å². The second-order valence-corrected chi connectivity index (χ2v) is 8.00. The zero-order valence-corrected chi connectivity index (χ0v) is 15.9. The van der Waals surface area contributed by atoms with E-state index in [1.165, 1.54) is 14.2 Å². The molecule has 0 unspecified atom stereocenters. The first-order valence-corrected chi connectivity index (χ1v) is 9.47. The molecule has 0 fully saturated rings. The fraction of sp³-hybridized carbons (Fsp3) is 0.278. The van der Waals surface area contributed by atoms with Crippen LogP contribution in [0.5, 0.6) is 11.5 Å². The van der Waals surface area contributed by atoms with Gasteiger partial charge < -0.3 is 14.8 Å². The van der Waals surface area contributed by atoms with Gasteiger partial charge in [0.25, 0.3) is 5.91 Å². The summed E-state index contributed by atoms with van der Waals surface area (Å²) in [5.74, 6) is 0.554. The molecule has 0 saturated heterocycles. The normalized spacial score (nSPS) is 11.1. The maximum atomic E-state index is 12.7. The van der Waals surface area contributed by atoms with Gasteiger partial charge >= 0.3 is 0 Å². The average molecular weight is 378 g/mol. The first-order chi connectivity index (χ1) is 12.3. The Morgan fingerprint density at radius 1 is 1.00 bits per heavy atom. The van der Waals surface area contributed by atoms with Crippen molar-refractivity contribution in [1.82, 2.24) is 0 Å². The number of rotatable bonds is 7. The Bertz CT molecular complexity index is 894. The highest BCUT2D eigenvalue weighted by Gasteiger charge is 2.20. The molecule has 0 bridgehead atoms. The Morgan fingerprint density at radius 3 is 2.31 bits per heavy atom. The number of ether oxygens (including phenoxy) is 2. The Balaban J connectivity index is 2.31. The molecule has 2 N–H and O–H groups in total. The molecule has 0 aliphatic rings. The van der Waals surface area contributed by atoms with Crippen LogP contribution in [0, 0.1) is 0 Å². The molecular weight excluding hydrogens is 356 g/mol. The van der Waals surface area contributed by atoms with E-state index in [1.807, 2.05) is 0 Å². The Labute approximate surface area is 153 Å². The minimum Gasteiger partial charge on any atom is -0.497 e. The standard InChI is InChI=1S/C18H22N2O5S/c1-12(2)26(22,23)20-15-8-6-5-7-14(15)18(21)19-16-10-9-13(24-3)11-17(16)25-4/h5-12,20H,1-4H3,(H,19,21). The summed E-state index contributed by atoms with van der Waals surface area (Å²) in [6, 6.07) is 11.4. The third-order valence-corrected chi connectivity index (χ3v) is 5.45. The molecule has 0 radical (unpaired) electrons. The number of amides is 1. The molecule has 0 aliphatic heterocycles. The summed E-state index contributed by atoms with van der Waals surface area (Å²) in [5, 5.41) is 2.11. The number of carbonyl (C=O) groups is 1. The van der Waals surface area contributed by atoms with Crippen LogP contribution in [0.2, 0.25) is 0 Å². The molecule has 0 saturated carbocycles. The summed E-state index contributed by atoms with van der Waals surface area (Å²) >= 11 is 0. The van der Waals surface area contributed by atoms with Gasteiger partial charge in [-0.3, -0.25) is 9.52 Å². The van der Waals surface area contributed by atoms with Gasteiger partial charge in [0, 0.05) is 6.07 Å². The van der Waals surface area contributed by atoms with Crippen LogP contribution in [-0.4, -0.2) is 33.8 Å². The largest absolute Gasteiger partial charge is 0.497 e. The third-order valence-electron chi connectivity index (χ3n) is 3.70. The van der Waals surface area contributed by atoms with E-state index < -0.39 is 21.2 Å². The van der Waals surface area contributed by atoms with Crippen molar-refractivity contribution >= 4 is 27.3 Å². The first kappa shape index (κ1) is 19.6. The van der Waals surface area contributed by atoms with E-state index in [2.05, 4.69) is 10.0 Å². The molecule has 2 rings (SSSR count). The van der Waals surface area contributed by atoms with Crippen LogP contribution >= 0.6 is 0 Å². The summed E-state index contributed by atoms with van der Waals surface area (Å²) in [7, 11) is -0.560. The number of methoxy groups -OCH3 is 2. The van der Waals surface area contributed by atoms with Gasteiger partial charge in [0.1, 0.15) is 11.5 Å². The molecule has 0 aromatic heterocycles. The maximum absolute atomic E-state index is 12.7. The summed E-state index contributed by atoms with van der Waals surface area (Å²) in [5.41, 5.74) is 0.862. The second-order valence-electron chi connectivity index (χ2n) is 5.76. The molecule has 1 amide bonds. The van der Waals surface area contributed by atoms with Gasteiger partial charge in [0.15, 0.2) is 0 Å². The van der Waals surface area contributed by atoms with Crippen LogP contribution in [0.25, 0.3) is 0 Å². The molecule has 140 valence electrons. The average Bonchev–Trinajstić information content (AvgIpc) is 2.62. The number of hydrogen-bond donors (Lipinski definition) is 2. The van der Waals surface area contributed by atoms with Crippen molar-refractivity contribution in [2.45, 2.75) is 19.1 Å². The summed E-state index contributed by atoms with van der Waals surface area (Å²) < 4.78 is 37.1. The lowest BCUT2D eigenvalue weighted by Gasteiger charge is -2.15. The number of para-hydroxylation sites is 1. The minimum atomic E-state index is -3.57. The van der Waals surface area contributed by atoms with Crippen LogP contribution in [0.1, 0.15) is 24.2 Å². The number of carbonyl (C=O) groups excluding carboxylic acids is 1. The molecule has 0 spiro atoms. The van der Waals surface area contributed by atoms with Crippen molar-refractivity contribution in [2.24, 2.45) is 0 Å². The summed E-state index contributed by atoms with van der Waals surface area (Å²) in [6.07, 6.45) is 0. The first-order valence-electron chi connectivity index (χ1n) is 7.92. The number of anilines is 2. The predicted molar refractivity (Wildman–Crippen MR) is 102 cm³/mol. The molecule has 8 heteroatoms. The van der Waals surface area contributed by atoms with Crippen LogP contribution in [-0.2, 0) is 10.0 Å². The molecule has 0 atom stereocenters. The topological polar surface area (TPSA) is 93.7 Å². The fourth-order valence-electron chi connectivity index (χ4n) is 2.13. The number of hydrogen-bond acceptors (Lipinski definition) is 5. The van der Waals surface area contributed by atoms with E-state index in [9.17, 15) is 13.2 Å². The fourth-order valence-corrected chi connectivity index (χ4v) is 2.85. The van der Waals surface area contributed by atoms with Gasteiger partial charge in [0.05, 0.1) is 36.4 Å². The predicted octanol–water partition coefficient (Wildman–Crippen LogP) is 3.11. The van der Waals surface area contributed by atoms with Gasteiger partial charge in [-0.05, 0) is 38.1 Å². The zero-order valence-electron chi connectivity index (χ0n) is 15.1. The lowest BCUT2D eigenvalue weighted by molar-refractivity contribution is 0.102. The van der Waals surface area contributed by atoms with Crippen molar-refractivity contribution in [1.29, 1.82) is 0 Å². The highest BCUT2D eigenvalue weighted by Crippen LogP contribution is 2.30.